The fourth-order valence-corrected chi connectivity index (χ4v) is 2.54. The minimum Gasteiger partial charge on any atom is -0.444 e. The molecule has 23 heavy (non-hydrogen) atoms. The molecule has 0 unspecified atom stereocenters. The van der Waals surface area contributed by atoms with E-state index in [1.165, 1.54) is 0 Å². The van der Waals surface area contributed by atoms with Gasteiger partial charge in [0.05, 0.1) is 5.56 Å². The van der Waals surface area contributed by atoms with E-state index in [0.29, 0.717) is 36.2 Å². The Morgan fingerprint density at radius 3 is 2.35 bits per heavy atom. The highest BCUT2D eigenvalue weighted by Crippen LogP contribution is 2.19. The summed E-state index contributed by atoms with van der Waals surface area (Å²) in [6, 6.07) is 1.66. The van der Waals surface area contributed by atoms with Crippen LogP contribution in [-0.4, -0.2) is 58.6 Å². The molecule has 2 amide bonds. The third-order valence-corrected chi connectivity index (χ3v) is 3.77. The summed E-state index contributed by atoms with van der Waals surface area (Å²) in [6.45, 7) is 7.22. The van der Waals surface area contributed by atoms with Crippen LogP contribution in [0, 0.1) is 0 Å². The van der Waals surface area contributed by atoms with Gasteiger partial charge in [0, 0.05) is 36.8 Å². The van der Waals surface area contributed by atoms with E-state index in [4.69, 9.17) is 10.5 Å². The van der Waals surface area contributed by atoms with Crippen molar-refractivity contribution in [2.24, 2.45) is 0 Å². The van der Waals surface area contributed by atoms with Crippen LogP contribution >= 0.6 is 15.9 Å². The average molecular weight is 385 g/mol. The molecule has 2 rings (SSSR count). The SMILES string of the molecule is CC(C)(C)OC(=O)N1CCN(C(=O)c2cc(Br)cnc2N)CC1. The van der Waals surface area contributed by atoms with E-state index in [0.717, 1.165) is 0 Å². The number of hydrogen-bond acceptors (Lipinski definition) is 5. The van der Waals surface area contributed by atoms with Gasteiger partial charge in [-0.2, -0.15) is 0 Å². The number of ether oxygens (including phenoxy) is 1. The van der Waals surface area contributed by atoms with Crippen LogP contribution in [0.4, 0.5) is 10.6 Å². The largest absolute Gasteiger partial charge is 0.444 e. The number of aromatic nitrogens is 1. The number of piperazine rings is 1. The fraction of sp³-hybridized carbons (Fsp3) is 0.533. The Morgan fingerprint density at radius 1 is 1.22 bits per heavy atom. The molecule has 0 aliphatic carbocycles. The van der Waals surface area contributed by atoms with E-state index in [9.17, 15) is 9.59 Å². The van der Waals surface area contributed by atoms with Crippen LogP contribution in [0.3, 0.4) is 0 Å². The van der Waals surface area contributed by atoms with Gasteiger partial charge in [-0.1, -0.05) is 0 Å². The highest BCUT2D eigenvalue weighted by molar-refractivity contribution is 9.10. The molecule has 0 saturated carbocycles. The number of halogens is 1. The van der Waals surface area contributed by atoms with Crippen LogP contribution in [0.1, 0.15) is 31.1 Å². The Balaban J connectivity index is 1.97. The summed E-state index contributed by atoms with van der Waals surface area (Å²) >= 11 is 3.29. The predicted octanol–water partition coefficient (Wildman–Crippen LogP) is 2.12. The number of pyridine rings is 1. The van der Waals surface area contributed by atoms with Gasteiger partial charge in [0.15, 0.2) is 0 Å². The van der Waals surface area contributed by atoms with Crippen LogP contribution in [0.15, 0.2) is 16.7 Å². The molecule has 126 valence electrons. The highest BCUT2D eigenvalue weighted by atomic mass is 79.9. The first-order chi connectivity index (χ1) is 10.7. The van der Waals surface area contributed by atoms with E-state index in [-0.39, 0.29) is 17.8 Å². The Morgan fingerprint density at radius 2 is 1.78 bits per heavy atom. The molecule has 2 heterocycles. The molecule has 2 N–H and O–H groups in total. The van der Waals surface area contributed by atoms with Crippen molar-refractivity contribution in [1.29, 1.82) is 0 Å². The number of carbonyl (C=O) groups excluding carboxylic acids is 2. The maximum atomic E-state index is 12.5. The second kappa shape index (κ2) is 6.74. The van der Waals surface area contributed by atoms with E-state index < -0.39 is 5.60 Å². The lowest BCUT2D eigenvalue weighted by Gasteiger charge is -2.35. The van der Waals surface area contributed by atoms with Crippen molar-refractivity contribution in [3.63, 3.8) is 0 Å². The first kappa shape index (κ1) is 17.5. The quantitative estimate of drug-likeness (QED) is 0.800. The number of rotatable bonds is 1. The number of amides is 2. The van der Waals surface area contributed by atoms with E-state index >= 15 is 0 Å². The molecule has 8 heteroatoms. The molecular formula is C15H21BrN4O3. The van der Waals surface area contributed by atoms with Crippen molar-refractivity contribution in [3.8, 4) is 0 Å². The molecular weight excluding hydrogens is 364 g/mol. The van der Waals surface area contributed by atoms with Crippen LogP contribution in [0.2, 0.25) is 0 Å². The third kappa shape index (κ3) is 4.57. The third-order valence-electron chi connectivity index (χ3n) is 3.33. The van der Waals surface area contributed by atoms with Gasteiger partial charge in [0.1, 0.15) is 11.4 Å². The maximum absolute atomic E-state index is 12.5. The molecule has 0 radical (unpaired) electrons. The first-order valence-electron chi connectivity index (χ1n) is 7.35. The van der Waals surface area contributed by atoms with E-state index in [2.05, 4.69) is 20.9 Å². The number of nitrogens with zero attached hydrogens (tertiary/aromatic N) is 3. The van der Waals surface area contributed by atoms with Crippen molar-refractivity contribution in [2.75, 3.05) is 31.9 Å². The molecule has 1 fully saturated rings. The highest BCUT2D eigenvalue weighted by Gasteiger charge is 2.28. The summed E-state index contributed by atoms with van der Waals surface area (Å²) in [4.78, 5) is 31.8. The lowest BCUT2D eigenvalue weighted by molar-refractivity contribution is 0.0141. The first-order valence-corrected chi connectivity index (χ1v) is 8.15. The monoisotopic (exact) mass is 384 g/mol. The normalized spacial score (nSPS) is 15.5. The van der Waals surface area contributed by atoms with Crippen molar-refractivity contribution in [1.82, 2.24) is 14.8 Å². The number of anilines is 1. The second-order valence-electron chi connectivity index (χ2n) is 6.35. The van der Waals surface area contributed by atoms with Gasteiger partial charge in [-0.3, -0.25) is 4.79 Å². The standard InChI is InChI=1S/C15H21BrN4O3/c1-15(2,3)23-14(22)20-6-4-19(5-7-20)13(21)11-8-10(16)9-18-12(11)17/h8-9H,4-7H2,1-3H3,(H2,17,18). The second-order valence-corrected chi connectivity index (χ2v) is 7.26. The summed E-state index contributed by atoms with van der Waals surface area (Å²) in [5.41, 5.74) is 5.62. The van der Waals surface area contributed by atoms with Gasteiger partial charge in [-0.05, 0) is 42.8 Å². The van der Waals surface area contributed by atoms with Crippen LogP contribution < -0.4 is 5.73 Å². The molecule has 7 nitrogen and oxygen atoms in total. The van der Waals surface area contributed by atoms with Crippen molar-refractivity contribution in [3.05, 3.63) is 22.3 Å². The summed E-state index contributed by atoms with van der Waals surface area (Å²) in [6.07, 6.45) is 1.19. The maximum Gasteiger partial charge on any atom is 0.410 e. The number of carbonyl (C=O) groups is 2. The number of nitrogens with two attached hydrogens (primary N) is 1. The smallest absolute Gasteiger partial charge is 0.410 e. The minimum absolute atomic E-state index is 0.180. The number of nitrogen functional groups attached to an aromatic ring is 1. The predicted molar refractivity (Wildman–Crippen MR) is 90.1 cm³/mol. The molecule has 0 atom stereocenters. The van der Waals surface area contributed by atoms with Crippen LogP contribution in [0.5, 0.6) is 0 Å². The molecule has 1 aromatic rings. The fourth-order valence-electron chi connectivity index (χ4n) is 2.21. The average Bonchev–Trinajstić information content (AvgIpc) is 2.47. The summed E-state index contributed by atoms with van der Waals surface area (Å²) < 4.78 is 6.04. The molecule has 0 bridgehead atoms. The van der Waals surface area contributed by atoms with E-state index in [1.54, 1.807) is 22.1 Å². The summed E-state index contributed by atoms with van der Waals surface area (Å²) in [5.74, 6) is 0.0212. The zero-order valence-electron chi connectivity index (χ0n) is 13.5. The van der Waals surface area contributed by atoms with Gasteiger partial charge in [-0.15, -0.1) is 0 Å². The molecule has 0 aromatic carbocycles. The number of hydrogen-bond donors (Lipinski definition) is 1. The lowest BCUT2D eigenvalue weighted by atomic mass is 10.2. The topological polar surface area (TPSA) is 88.8 Å². The van der Waals surface area contributed by atoms with Crippen LogP contribution in [-0.2, 0) is 4.74 Å². The Hall–Kier alpha value is -1.83. The van der Waals surface area contributed by atoms with Gasteiger partial charge in [-0.25, -0.2) is 9.78 Å². The molecule has 1 aliphatic heterocycles. The van der Waals surface area contributed by atoms with Gasteiger partial charge in [0.2, 0.25) is 0 Å². The molecule has 1 saturated heterocycles. The van der Waals surface area contributed by atoms with Crippen molar-refractivity contribution < 1.29 is 14.3 Å². The Bertz CT molecular complexity index is 607. The zero-order chi connectivity index (χ0) is 17.2. The van der Waals surface area contributed by atoms with Gasteiger partial charge < -0.3 is 20.3 Å². The zero-order valence-corrected chi connectivity index (χ0v) is 15.1. The summed E-state index contributed by atoms with van der Waals surface area (Å²) in [5, 5.41) is 0. The van der Waals surface area contributed by atoms with Gasteiger partial charge in [0.25, 0.3) is 5.91 Å². The lowest BCUT2D eigenvalue weighted by Crippen LogP contribution is -2.51. The Labute approximate surface area is 143 Å². The summed E-state index contributed by atoms with van der Waals surface area (Å²) in [7, 11) is 0. The van der Waals surface area contributed by atoms with Crippen LogP contribution in [0.25, 0.3) is 0 Å². The Kier molecular flexibility index (Phi) is 5.13. The van der Waals surface area contributed by atoms with E-state index in [1.807, 2.05) is 20.8 Å². The minimum atomic E-state index is -0.527. The van der Waals surface area contributed by atoms with Crippen molar-refractivity contribution >= 4 is 33.7 Å². The van der Waals surface area contributed by atoms with Gasteiger partial charge >= 0.3 is 6.09 Å². The molecule has 1 aliphatic rings. The van der Waals surface area contributed by atoms with Crippen molar-refractivity contribution in [2.45, 2.75) is 26.4 Å². The molecule has 0 spiro atoms. The molecule has 1 aromatic heterocycles.